The van der Waals surface area contributed by atoms with Crippen molar-refractivity contribution < 1.29 is 4.79 Å². The Morgan fingerprint density at radius 3 is 2.89 bits per heavy atom. The summed E-state index contributed by atoms with van der Waals surface area (Å²) in [6.07, 6.45) is 5.98. The number of benzene rings is 1. The van der Waals surface area contributed by atoms with Gasteiger partial charge in [0.25, 0.3) is 0 Å². The zero-order chi connectivity index (χ0) is 18.8. The van der Waals surface area contributed by atoms with E-state index in [1.54, 1.807) is 11.0 Å². The van der Waals surface area contributed by atoms with Gasteiger partial charge in [0.05, 0.1) is 18.7 Å². The number of hydrogen-bond acceptors (Lipinski definition) is 4. The molecule has 3 fully saturated rings. The summed E-state index contributed by atoms with van der Waals surface area (Å²) in [5.41, 5.74) is 2.00. The minimum absolute atomic E-state index is 0.121. The lowest BCUT2D eigenvalue weighted by Gasteiger charge is -2.49. The van der Waals surface area contributed by atoms with E-state index in [1.807, 2.05) is 36.1 Å². The van der Waals surface area contributed by atoms with Crippen LogP contribution in [0.5, 0.6) is 0 Å². The van der Waals surface area contributed by atoms with E-state index in [-0.39, 0.29) is 11.8 Å². The number of aromatic nitrogens is 3. The van der Waals surface area contributed by atoms with Crippen LogP contribution in [0.4, 0.5) is 0 Å². The molecule has 2 bridgehead atoms. The van der Waals surface area contributed by atoms with Crippen molar-refractivity contribution in [1.29, 1.82) is 0 Å². The van der Waals surface area contributed by atoms with Gasteiger partial charge in [-0.15, -0.1) is 11.7 Å². The molecule has 4 atom stereocenters. The summed E-state index contributed by atoms with van der Waals surface area (Å²) in [5, 5.41) is 8.66. The van der Waals surface area contributed by atoms with E-state index in [0.717, 1.165) is 43.7 Å². The van der Waals surface area contributed by atoms with Gasteiger partial charge in [-0.05, 0) is 25.3 Å². The van der Waals surface area contributed by atoms with Gasteiger partial charge >= 0.3 is 0 Å². The van der Waals surface area contributed by atoms with Gasteiger partial charge in [0.1, 0.15) is 5.69 Å². The van der Waals surface area contributed by atoms with Crippen LogP contribution in [0.1, 0.15) is 12.8 Å². The van der Waals surface area contributed by atoms with Gasteiger partial charge in [0, 0.05) is 31.7 Å². The SMILES string of the molecule is C=CCN(C)C(=O)[C@H]1CN2CC[C@H]1C[C@@H]2Cn1cc(-c2ccccc2)nn1. The minimum atomic E-state index is 0.121. The van der Waals surface area contributed by atoms with Crippen molar-refractivity contribution in [1.82, 2.24) is 24.8 Å². The van der Waals surface area contributed by atoms with Crippen molar-refractivity contribution >= 4 is 5.91 Å². The highest BCUT2D eigenvalue weighted by molar-refractivity contribution is 5.79. The molecule has 0 N–H and O–H groups in total. The molecule has 1 amide bonds. The molecule has 0 saturated carbocycles. The molecule has 5 rings (SSSR count). The molecule has 3 saturated heterocycles. The van der Waals surface area contributed by atoms with Crippen LogP contribution >= 0.6 is 0 Å². The van der Waals surface area contributed by atoms with Crippen LogP contribution in [0.2, 0.25) is 0 Å². The monoisotopic (exact) mass is 365 g/mol. The molecule has 2 aromatic rings. The fourth-order valence-corrected chi connectivity index (χ4v) is 4.52. The van der Waals surface area contributed by atoms with Crippen LogP contribution in [0.3, 0.4) is 0 Å². The Kier molecular flexibility index (Phi) is 5.07. The molecule has 27 heavy (non-hydrogen) atoms. The summed E-state index contributed by atoms with van der Waals surface area (Å²) in [6.45, 7) is 7.12. The van der Waals surface area contributed by atoms with Crippen molar-refractivity contribution in [3.8, 4) is 11.3 Å². The summed E-state index contributed by atoms with van der Waals surface area (Å²) in [6, 6.07) is 10.6. The smallest absolute Gasteiger partial charge is 0.227 e. The molecule has 3 aliphatic rings. The molecule has 0 radical (unpaired) electrons. The Hall–Kier alpha value is -2.47. The van der Waals surface area contributed by atoms with E-state index in [0.29, 0.717) is 18.5 Å². The minimum Gasteiger partial charge on any atom is -0.342 e. The van der Waals surface area contributed by atoms with Crippen molar-refractivity contribution in [2.75, 3.05) is 26.7 Å². The lowest BCUT2D eigenvalue weighted by Crippen LogP contribution is -2.58. The van der Waals surface area contributed by atoms with Crippen LogP contribution in [-0.4, -0.2) is 63.4 Å². The Morgan fingerprint density at radius 2 is 2.19 bits per heavy atom. The average Bonchev–Trinajstić information content (AvgIpc) is 3.17. The molecule has 6 nitrogen and oxygen atoms in total. The third kappa shape index (κ3) is 3.67. The Balaban J connectivity index is 1.41. The van der Waals surface area contributed by atoms with Crippen LogP contribution < -0.4 is 0 Å². The molecule has 4 heterocycles. The quantitative estimate of drug-likeness (QED) is 0.737. The predicted molar refractivity (Wildman–Crippen MR) is 105 cm³/mol. The maximum atomic E-state index is 12.7. The Labute approximate surface area is 160 Å². The number of piperidine rings is 3. The normalized spacial score (nSPS) is 26.7. The average molecular weight is 365 g/mol. The van der Waals surface area contributed by atoms with Gasteiger partial charge in [0.15, 0.2) is 0 Å². The van der Waals surface area contributed by atoms with E-state index >= 15 is 0 Å². The molecule has 1 unspecified atom stereocenters. The first-order valence-electron chi connectivity index (χ1n) is 9.71. The highest BCUT2D eigenvalue weighted by Crippen LogP contribution is 2.37. The van der Waals surface area contributed by atoms with E-state index in [4.69, 9.17) is 0 Å². The second kappa shape index (κ2) is 7.64. The first-order valence-corrected chi connectivity index (χ1v) is 9.71. The highest BCUT2D eigenvalue weighted by atomic mass is 16.2. The summed E-state index contributed by atoms with van der Waals surface area (Å²) in [7, 11) is 1.87. The highest BCUT2D eigenvalue weighted by Gasteiger charge is 2.43. The van der Waals surface area contributed by atoms with E-state index in [2.05, 4.69) is 33.9 Å². The third-order valence-corrected chi connectivity index (χ3v) is 5.98. The van der Waals surface area contributed by atoms with Crippen LogP contribution in [0, 0.1) is 11.8 Å². The van der Waals surface area contributed by atoms with Crippen molar-refractivity contribution in [3.05, 3.63) is 49.2 Å². The van der Waals surface area contributed by atoms with Gasteiger partial charge in [-0.1, -0.05) is 41.6 Å². The van der Waals surface area contributed by atoms with Gasteiger partial charge in [-0.3, -0.25) is 14.4 Å². The standard InChI is InChI=1S/C21H27N5O/c1-3-10-24(2)21(27)19-14-25-11-9-17(19)12-18(25)13-26-15-20(22-23-26)16-7-5-4-6-8-16/h3-8,15,17-19H,1,9-14H2,2H3/t17-,18+,19-/m0/s1. The van der Waals surface area contributed by atoms with Crippen molar-refractivity contribution in [3.63, 3.8) is 0 Å². The number of nitrogens with zero attached hydrogens (tertiary/aromatic N) is 5. The lowest BCUT2D eigenvalue weighted by atomic mass is 9.75. The molecule has 142 valence electrons. The first kappa shape index (κ1) is 17.9. The molecule has 3 aliphatic heterocycles. The molecule has 6 heteroatoms. The van der Waals surface area contributed by atoms with Crippen molar-refractivity contribution in [2.45, 2.75) is 25.4 Å². The number of amides is 1. The van der Waals surface area contributed by atoms with Crippen LogP contribution in [-0.2, 0) is 11.3 Å². The van der Waals surface area contributed by atoms with E-state index in [9.17, 15) is 4.79 Å². The number of fused-ring (bicyclic) bond motifs is 3. The third-order valence-electron chi connectivity index (χ3n) is 5.98. The zero-order valence-electron chi connectivity index (χ0n) is 15.9. The summed E-state index contributed by atoms with van der Waals surface area (Å²) in [5.74, 6) is 0.850. The molecule has 1 aromatic carbocycles. The van der Waals surface area contributed by atoms with Gasteiger partial charge in [-0.2, -0.15) is 0 Å². The van der Waals surface area contributed by atoms with Gasteiger partial charge in [0.2, 0.25) is 5.91 Å². The fourth-order valence-electron chi connectivity index (χ4n) is 4.52. The molecular weight excluding hydrogens is 338 g/mol. The maximum absolute atomic E-state index is 12.7. The van der Waals surface area contributed by atoms with E-state index in [1.165, 1.54) is 0 Å². The summed E-state index contributed by atoms with van der Waals surface area (Å²) >= 11 is 0. The number of hydrogen-bond donors (Lipinski definition) is 0. The Bertz CT molecular complexity index is 802. The fraction of sp³-hybridized carbons (Fsp3) is 0.476. The topological polar surface area (TPSA) is 54.3 Å². The number of carbonyl (C=O) groups excluding carboxylic acids is 1. The molecular formula is C21H27N5O. The first-order chi connectivity index (χ1) is 13.2. The number of carbonyl (C=O) groups is 1. The molecule has 0 spiro atoms. The maximum Gasteiger partial charge on any atom is 0.227 e. The number of likely N-dealkylation sites (N-methyl/N-ethyl adjacent to an activating group) is 1. The van der Waals surface area contributed by atoms with Crippen molar-refractivity contribution in [2.24, 2.45) is 11.8 Å². The largest absolute Gasteiger partial charge is 0.342 e. The summed E-state index contributed by atoms with van der Waals surface area (Å²) < 4.78 is 1.95. The van der Waals surface area contributed by atoms with Crippen LogP contribution in [0.25, 0.3) is 11.3 Å². The van der Waals surface area contributed by atoms with Gasteiger partial charge < -0.3 is 4.90 Å². The lowest BCUT2D eigenvalue weighted by molar-refractivity contribution is -0.142. The number of rotatable bonds is 6. The van der Waals surface area contributed by atoms with Gasteiger partial charge in [-0.25, -0.2) is 0 Å². The second-order valence-electron chi connectivity index (χ2n) is 7.74. The summed E-state index contributed by atoms with van der Waals surface area (Å²) in [4.78, 5) is 17.0. The molecule has 1 aromatic heterocycles. The van der Waals surface area contributed by atoms with Crippen LogP contribution in [0.15, 0.2) is 49.2 Å². The molecule has 0 aliphatic carbocycles. The van der Waals surface area contributed by atoms with E-state index < -0.39 is 0 Å². The Morgan fingerprint density at radius 1 is 1.37 bits per heavy atom. The second-order valence-corrected chi connectivity index (χ2v) is 7.74. The predicted octanol–water partition coefficient (Wildman–Crippen LogP) is 2.30. The zero-order valence-corrected chi connectivity index (χ0v) is 15.9.